The second-order valence-corrected chi connectivity index (χ2v) is 6.47. The average molecular weight is 353 g/mol. The van der Waals surface area contributed by atoms with Crippen molar-refractivity contribution in [3.63, 3.8) is 0 Å². The molecule has 0 aliphatic carbocycles. The zero-order valence-corrected chi connectivity index (χ0v) is 14.1. The Balaban J connectivity index is 1.79. The van der Waals surface area contributed by atoms with Crippen LogP contribution in [0.25, 0.3) is 5.76 Å². The normalized spacial score (nSPS) is 25.2. The zero-order chi connectivity index (χ0) is 18.1. The maximum atomic E-state index is 12.7. The molecule has 2 atom stereocenters. The van der Waals surface area contributed by atoms with Crippen molar-refractivity contribution in [1.29, 1.82) is 0 Å². The third-order valence-electron chi connectivity index (χ3n) is 4.82. The van der Waals surface area contributed by atoms with Gasteiger partial charge in [0.1, 0.15) is 17.6 Å². The van der Waals surface area contributed by atoms with E-state index in [1.807, 2.05) is 6.07 Å². The maximum absolute atomic E-state index is 12.7. The highest BCUT2D eigenvalue weighted by molar-refractivity contribution is 6.46. The molecule has 1 N–H and O–H groups in total. The number of aliphatic hydroxyl groups excluding tert-OH is 1. The predicted molar refractivity (Wildman–Crippen MR) is 93.1 cm³/mol. The van der Waals surface area contributed by atoms with Crippen LogP contribution in [0.2, 0.25) is 0 Å². The third-order valence-corrected chi connectivity index (χ3v) is 4.82. The number of ketones is 1. The van der Waals surface area contributed by atoms with Crippen molar-refractivity contribution in [3.8, 4) is 0 Å². The Hall–Kier alpha value is -2.86. The van der Waals surface area contributed by atoms with Gasteiger partial charge in [-0.05, 0) is 25.0 Å². The van der Waals surface area contributed by atoms with Crippen molar-refractivity contribution < 1.29 is 23.8 Å². The molecule has 2 fully saturated rings. The smallest absolute Gasteiger partial charge is 0.295 e. The van der Waals surface area contributed by atoms with Crippen molar-refractivity contribution in [2.24, 2.45) is 0 Å². The van der Waals surface area contributed by atoms with Crippen LogP contribution in [0.3, 0.4) is 0 Å². The summed E-state index contributed by atoms with van der Waals surface area (Å²) in [5, 5.41) is 10.8. The van der Waals surface area contributed by atoms with Crippen LogP contribution in [0.4, 0.5) is 0 Å². The lowest BCUT2D eigenvalue weighted by Crippen LogP contribution is -2.36. The van der Waals surface area contributed by atoms with Gasteiger partial charge in [0.2, 0.25) is 0 Å². The number of aliphatic hydroxyl groups is 1. The molecule has 4 rings (SSSR count). The summed E-state index contributed by atoms with van der Waals surface area (Å²) >= 11 is 0. The minimum absolute atomic E-state index is 0.0501. The van der Waals surface area contributed by atoms with Crippen molar-refractivity contribution in [1.82, 2.24) is 4.90 Å². The van der Waals surface area contributed by atoms with E-state index in [2.05, 4.69) is 0 Å². The van der Waals surface area contributed by atoms with Gasteiger partial charge in [0.05, 0.1) is 17.9 Å². The summed E-state index contributed by atoms with van der Waals surface area (Å²) in [6.45, 7) is 0.950. The first-order valence-corrected chi connectivity index (χ1v) is 8.65. The lowest BCUT2D eigenvalue weighted by Gasteiger charge is -2.25. The number of likely N-dealkylation sites (tertiary alicyclic amines) is 1. The van der Waals surface area contributed by atoms with Gasteiger partial charge >= 0.3 is 0 Å². The first kappa shape index (κ1) is 16.6. The van der Waals surface area contributed by atoms with Gasteiger partial charge < -0.3 is 19.2 Å². The highest BCUT2D eigenvalue weighted by Gasteiger charge is 2.48. The molecule has 3 heterocycles. The van der Waals surface area contributed by atoms with Gasteiger partial charge in [-0.15, -0.1) is 0 Å². The molecule has 2 aliphatic rings. The number of benzene rings is 1. The van der Waals surface area contributed by atoms with Gasteiger partial charge in [-0.1, -0.05) is 30.3 Å². The van der Waals surface area contributed by atoms with Crippen LogP contribution in [0.5, 0.6) is 0 Å². The molecule has 6 heteroatoms. The Morgan fingerprint density at radius 2 is 1.96 bits per heavy atom. The highest BCUT2D eigenvalue weighted by Crippen LogP contribution is 2.40. The van der Waals surface area contributed by atoms with E-state index in [9.17, 15) is 14.7 Å². The Morgan fingerprint density at radius 1 is 1.15 bits per heavy atom. The molecule has 1 aromatic heterocycles. The van der Waals surface area contributed by atoms with Crippen molar-refractivity contribution in [2.75, 3.05) is 13.2 Å². The topological polar surface area (TPSA) is 80.0 Å². The fraction of sp³-hybridized carbons (Fsp3) is 0.300. The molecule has 0 spiro atoms. The van der Waals surface area contributed by atoms with Gasteiger partial charge in [0, 0.05) is 18.7 Å². The van der Waals surface area contributed by atoms with Crippen molar-refractivity contribution in [2.45, 2.75) is 25.0 Å². The SMILES string of the molecule is O=C1C(=O)N(CC2CCCO2)C(c2ccco2)/C1=C(\O)c1ccccc1. The van der Waals surface area contributed by atoms with Crippen molar-refractivity contribution in [3.05, 3.63) is 65.6 Å². The van der Waals surface area contributed by atoms with E-state index in [1.165, 1.54) is 11.2 Å². The number of hydrogen-bond donors (Lipinski definition) is 1. The molecule has 6 nitrogen and oxygen atoms in total. The lowest BCUT2D eigenvalue weighted by molar-refractivity contribution is -0.141. The van der Waals surface area contributed by atoms with E-state index in [1.54, 1.807) is 36.4 Å². The van der Waals surface area contributed by atoms with Crippen LogP contribution in [0, 0.1) is 0 Å². The largest absolute Gasteiger partial charge is 0.507 e. The summed E-state index contributed by atoms with van der Waals surface area (Å²) in [5.74, 6) is -1.09. The highest BCUT2D eigenvalue weighted by atomic mass is 16.5. The first-order valence-electron chi connectivity index (χ1n) is 8.65. The monoisotopic (exact) mass is 353 g/mol. The third kappa shape index (κ3) is 2.82. The van der Waals surface area contributed by atoms with Gasteiger partial charge in [-0.2, -0.15) is 0 Å². The lowest BCUT2D eigenvalue weighted by atomic mass is 9.99. The quantitative estimate of drug-likeness (QED) is 0.519. The van der Waals surface area contributed by atoms with Crippen LogP contribution in [-0.4, -0.2) is 41.0 Å². The number of carbonyl (C=O) groups is 2. The molecule has 2 saturated heterocycles. The summed E-state index contributed by atoms with van der Waals surface area (Å²) in [6, 6.07) is 11.4. The van der Waals surface area contributed by atoms with Gasteiger partial charge in [0.25, 0.3) is 11.7 Å². The van der Waals surface area contributed by atoms with Crippen LogP contribution < -0.4 is 0 Å². The summed E-state index contributed by atoms with van der Waals surface area (Å²) in [7, 11) is 0. The number of rotatable bonds is 4. The molecule has 134 valence electrons. The molecule has 2 unspecified atom stereocenters. The molecular weight excluding hydrogens is 334 g/mol. The standard InChI is InChI=1S/C20H19NO5/c22-18(13-6-2-1-3-7-13)16-17(15-9-5-11-26-15)21(20(24)19(16)23)12-14-8-4-10-25-14/h1-3,5-7,9,11,14,17,22H,4,8,10,12H2/b18-16+. The Morgan fingerprint density at radius 3 is 2.62 bits per heavy atom. The van der Waals surface area contributed by atoms with Crippen LogP contribution in [0.1, 0.15) is 30.2 Å². The molecule has 0 bridgehead atoms. The number of furan rings is 1. The van der Waals surface area contributed by atoms with E-state index < -0.39 is 17.7 Å². The fourth-order valence-electron chi connectivity index (χ4n) is 3.57. The van der Waals surface area contributed by atoms with Gasteiger partial charge in [0.15, 0.2) is 0 Å². The number of carbonyl (C=O) groups excluding carboxylic acids is 2. The van der Waals surface area contributed by atoms with E-state index in [0.717, 1.165) is 12.8 Å². The molecule has 2 aromatic rings. The van der Waals surface area contributed by atoms with E-state index in [4.69, 9.17) is 9.15 Å². The van der Waals surface area contributed by atoms with Crippen LogP contribution in [-0.2, 0) is 14.3 Å². The summed E-state index contributed by atoms with van der Waals surface area (Å²) in [6.07, 6.45) is 3.16. The van der Waals surface area contributed by atoms with Crippen LogP contribution in [0.15, 0.2) is 58.7 Å². The second kappa shape index (κ2) is 6.80. The number of ether oxygens (including phenoxy) is 1. The van der Waals surface area contributed by atoms with Gasteiger partial charge in [-0.25, -0.2) is 0 Å². The van der Waals surface area contributed by atoms with Crippen LogP contribution >= 0.6 is 0 Å². The maximum Gasteiger partial charge on any atom is 0.295 e. The van der Waals surface area contributed by atoms with E-state index >= 15 is 0 Å². The minimum atomic E-state index is -0.755. The fourth-order valence-corrected chi connectivity index (χ4v) is 3.57. The summed E-state index contributed by atoms with van der Waals surface area (Å²) in [4.78, 5) is 26.8. The second-order valence-electron chi connectivity index (χ2n) is 6.47. The number of Topliss-reactive ketones (excluding diaryl/α,β-unsaturated/α-hetero) is 1. The molecular formula is C20H19NO5. The van der Waals surface area contributed by atoms with Crippen molar-refractivity contribution >= 4 is 17.4 Å². The molecule has 26 heavy (non-hydrogen) atoms. The Labute approximate surface area is 150 Å². The van der Waals surface area contributed by atoms with Gasteiger partial charge in [-0.3, -0.25) is 9.59 Å². The minimum Gasteiger partial charge on any atom is -0.507 e. The Kier molecular flexibility index (Phi) is 4.34. The molecule has 0 saturated carbocycles. The first-order chi connectivity index (χ1) is 12.7. The number of nitrogens with zero attached hydrogens (tertiary/aromatic N) is 1. The summed E-state index contributed by atoms with van der Waals surface area (Å²) in [5.41, 5.74) is 0.535. The van der Waals surface area contributed by atoms with E-state index in [-0.39, 0.29) is 17.4 Å². The predicted octanol–water partition coefficient (Wildman–Crippen LogP) is 2.88. The molecule has 1 amide bonds. The number of amides is 1. The summed E-state index contributed by atoms with van der Waals surface area (Å²) < 4.78 is 11.1. The zero-order valence-electron chi connectivity index (χ0n) is 14.1. The average Bonchev–Trinajstić information content (AvgIpc) is 3.41. The number of hydrogen-bond acceptors (Lipinski definition) is 5. The molecule has 1 aromatic carbocycles. The molecule has 0 radical (unpaired) electrons. The molecule has 2 aliphatic heterocycles. The Bertz CT molecular complexity index is 834. The van der Waals surface area contributed by atoms with E-state index in [0.29, 0.717) is 24.5 Å².